The molecule has 0 fully saturated rings. The number of halogens is 1. The first-order valence-electron chi connectivity index (χ1n) is 7.44. The summed E-state index contributed by atoms with van der Waals surface area (Å²) in [7, 11) is 0. The summed E-state index contributed by atoms with van der Waals surface area (Å²) in [4.78, 5) is 11.9. The molecule has 7 heteroatoms. The Balaban J connectivity index is 1.51. The van der Waals surface area contributed by atoms with Gasteiger partial charge in [0.25, 0.3) is 0 Å². The van der Waals surface area contributed by atoms with Crippen molar-refractivity contribution >= 4 is 40.2 Å². The van der Waals surface area contributed by atoms with Gasteiger partial charge in [-0.3, -0.25) is 10.1 Å². The first-order chi connectivity index (χ1) is 12.2. The quantitative estimate of drug-likeness (QED) is 0.390. The summed E-state index contributed by atoms with van der Waals surface area (Å²) in [6, 6.07) is 15.9. The van der Waals surface area contributed by atoms with Crippen molar-refractivity contribution in [2.45, 2.75) is 10.1 Å². The summed E-state index contributed by atoms with van der Waals surface area (Å²) in [6.45, 7) is 0. The Bertz CT molecular complexity index is 864. The molecule has 0 saturated carbocycles. The molecule has 0 bridgehead atoms. The number of nitrogens with one attached hydrogen (secondary N) is 1. The summed E-state index contributed by atoms with van der Waals surface area (Å²) in [5, 5.41) is 11.1. The van der Waals surface area contributed by atoms with Crippen LogP contribution in [0.3, 0.4) is 0 Å². The molecule has 0 radical (unpaired) electrons. The normalized spacial score (nSPS) is 10.9. The number of hydrogen-bond donors (Lipinski definition) is 1. The second-order valence-corrected chi connectivity index (χ2v) is 7.22. The van der Waals surface area contributed by atoms with Crippen LogP contribution in [0.25, 0.3) is 6.08 Å². The number of amides is 1. The second-order valence-electron chi connectivity index (χ2n) is 5.02. The van der Waals surface area contributed by atoms with Crippen molar-refractivity contribution in [2.75, 3.05) is 5.32 Å². The monoisotopic (exact) mass is 371 g/mol. The van der Waals surface area contributed by atoms with Crippen LogP contribution in [-0.4, -0.2) is 16.1 Å². The highest BCUT2D eigenvalue weighted by Crippen LogP contribution is 2.28. The molecule has 3 aromatic rings. The van der Waals surface area contributed by atoms with Crippen LogP contribution in [0.5, 0.6) is 0 Å². The van der Waals surface area contributed by atoms with Crippen molar-refractivity contribution in [2.24, 2.45) is 0 Å². The molecular formula is C18H14FN3OS2. The molecule has 0 unspecified atom stereocenters. The maximum absolute atomic E-state index is 12.9. The van der Waals surface area contributed by atoms with Crippen LogP contribution in [0, 0.1) is 5.82 Å². The highest BCUT2D eigenvalue weighted by Gasteiger charge is 2.07. The molecule has 0 atom stereocenters. The predicted octanol–water partition coefficient (Wildman–Crippen LogP) is 4.62. The Morgan fingerprint density at radius 3 is 2.64 bits per heavy atom. The van der Waals surface area contributed by atoms with Crippen molar-refractivity contribution in [3.63, 3.8) is 0 Å². The van der Waals surface area contributed by atoms with E-state index < -0.39 is 0 Å². The fraction of sp³-hybridized carbons (Fsp3) is 0.0556. The van der Waals surface area contributed by atoms with Crippen molar-refractivity contribution < 1.29 is 9.18 Å². The smallest absolute Gasteiger partial charge is 0.250 e. The Kier molecular flexibility index (Phi) is 5.92. The minimum absolute atomic E-state index is 0.252. The van der Waals surface area contributed by atoms with Crippen molar-refractivity contribution in [1.82, 2.24) is 10.2 Å². The zero-order valence-electron chi connectivity index (χ0n) is 13.1. The Labute approximate surface area is 152 Å². The number of nitrogens with zero attached hydrogens (tertiary/aromatic N) is 2. The van der Waals surface area contributed by atoms with E-state index in [0.29, 0.717) is 10.9 Å². The molecule has 1 aromatic heterocycles. The van der Waals surface area contributed by atoms with Crippen molar-refractivity contribution in [1.29, 1.82) is 0 Å². The van der Waals surface area contributed by atoms with Gasteiger partial charge in [-0.1, -0.05) is 65.6 Å². The summed E-state index contributed by atoms with van der Waals surface area (Å²) < 4.78 is 13.6. The molecule has 0 aliphatic carbocycles. The van der Waals surface area contributed by atoms with Gasteiger partial charge in [-0.25, -0.2) is 4.39 Å². The number of carbonyl (C=O) groups excluding carboxylic acids is 1. The molecule has 126 valence electrons. The lowest BCUT2D eigenvalue weighted by Crippen LogP contribution is -2.07. The van der Waals surface area contributed by atoms with E-state index in [1.54, 1.807) is 18.2 Å². The number of hydrogen-bond acceptors (Lipinski definition) is 5. The van der Waals surface area contributed by atoms with E-state index >= 15 is 0 Å². The Morgan fingerprint density at radius 2 is 1.88 bits per heavy atom. The molecule has 25 heavy (non-hydrogen) atoms. The van der Waals surface area contributed by atoms with E-state index in [9.17, 15) is 9.18 Å². The highest BCUT2D eigenvalue weighted by molar-refractivity contribution is 8.00. The van der Waals surface area contributed by atoms with Crippen molar-refractivity contribution in [3.05, 3.63) is 77.6 Å². The third-order valence-corrected chi connectivity index (χ3v) is 5.18. The Hall–Kier alpha value is -2.51. The van der Waals surface area contributed by atoms with Gasteiger partial charge in [0.15, 0.2) is 4.34 Å². The molecule has 1 amide bonds. The standard InChI is InChI=1S/C18H14FN3OS2/c19-15-9-6-14(7-10-15)12-24-18-22-21-17(25-18)20-16(23)11-8-13-4-2-1-3-5-13/h1-11H,12H2,(H,20,21,23). The minimum Gasteiger partial charge on any atom is -0.297 e. The number of anilines is 1. The number of benzene rings is 2. The minimum atomic E-state index is -0.255. The van der Waals surface area contributed by atoms with E-state index in [1.165, 1.54) is 41.3 Å². The fourth-order valence-electron chi connectivity index (χ4n) is 1.93. The average Bonchev–Trinajstić information content (AvgIpc) is 3.08. The second kappa shape index (κ2) is 8.55. The number of rotatable bonds is 6. The molecule has 3 rings (SSSR count). The maximum atomic E-state index is 12.9. The number of aromatic nitrogens is 2. The van der Waals surface area contributed by atoms with Gasteiger partial charge in [-0.2, -0.15) is 0 Å². The van der Waals surface area contributed by atoms with Crippen LogP contribution < -0.4 is 5.32 Å². The molecule has 0 aliphatic rings. The van der Waals surface area contributed by atoms with Gasteiger partial charge >= 0.3 is 0 Å². The summed E-state index contributed by atoms with van der Waals surface area (Å²) >= 11 is 2.80. The molecule has 1 N–H and O–H groups in total. The number of carbonyl (C=O) groups is 1. The van der Waals surface area contributed by atoms with Gasteiger partial charge in [0.2, 0.25) is 11.0 Å². The molecule has 0 saturated heterocycles. The number of thioether (sulfide) groups is 1. The van der Waals surface area contributed by atoms with E-state index in [-0.39, 0.29) is 11.7 Å². The molecule has 2 aromatic carbocycles. The maximum Gasteiger partial charge on any atom is 0.250 e. The zero-order valence-corrected chi connectivity index (χ0v) is 14.7. The summed E-state index contributed by atoms with van der Waals surface area (Å²) in [5.41, 5.74) is 1.95. The first kappa shape index (κ1) is 17.3. The third-order valence-electron chi connectivity index (χ3n) is 3.14. The lowest BCUT2D eigenvalue weighted by Gasteiger charge is -1.98. The molecule has 0 spiro atoms. The summed E-state index contributed by atoms with van der Waals surface area (Å²) in [6.07, 6.45) is 3.20. The van der Waals surface area contributed by atoms with Gasteiger partial charge in [0, 0.05) is 11.8 Å². The SMILES string of the molecule is O=C(C=Cc1ccccc1)Nc1nnc(SCc2ccc(F)cc2)s1. The van der Waals surface area contributed by atoms with Crippen LogP contribution in [0.1, 0.15) is 11.1 Å². The average molecular weight is 371 g/mol. The van der Waals surface area contributed by atoms with Crippen LogP contribution >= 0.6 is 23.1 Å². The summed E-state index contributed by atoms with van der Waals surface area (Å²) in [5.74, 6) is 0.157. The zero-order chi connectivity index (χ0) is 17.5. The highest BCUT2D eigenvalue weighted by atomic mass is 32.2. The van der Waals surface area contributed by atoms with E-state index in [2.05, 4.69) is 15.5 Å². The molecular weight excluding hydrogens is 357 g/mol. The van der Waals surface area contributed by atoms with Gasteiger partial charge < -0.3 is 0 Å². The fourth-order valence-corrected chi connectivity index (χ4v) is 3.64. The van der Waals surface area contributed by atoms with Crippen LogP contribution in [0.2, 0.25) is 0 Å². The molecule has 4 nitrogen and oxygen atoms in total. The Morgan fingerprint density at radius 1 is 1.12 bits per heavy atom. The third kappa shape index (κ3) is 5.51. The molecule has 1 heterocycles. The van der Waals surface area contributed by atoms with Crippen LogP contribution in [-0.2, 0) is 10.5 Å². The predicted molar refractivity (Wildman–Crippen MR) is 100.0 cm³/mol. The van der Waals surface area contributed by atoms with Crippen LogP contribution in [0.4, 0.5) is 9.52 Å². The van der Waals surface area contributed by atoms with Gasteiger partial charge in [0.05, 0.1) is 0 Å². The van der Waals surface area contributed by atoms with Crippen molar-refractivity contribution in [3.8, 4) is 0 Å². The van der Waals surface area contributed by atoms with E-state index in [0.717, 1.165) is 15.5 Å². The molecule has 0 aliphatic heterocycles. The topological polar surface area (TPSA) is 54.9 Å². The lowest BCUT2D eigenvalue weighted by molar-refractivity contribution is -0.111. The largest absolute Gasteiger partial charge is 0.297 e. The van der Waals surface area contributed by atoms with E-state index in [4.69, 9.17) is 0 Å². The lowest BCUT2D eigenvalue weighted by atomic mass is 10.2. The van der Waals surface area contributed by atoms with Crippen LogP contribution in [0.15, 0.2) is 65.0 Å². The first-order valence-corrected chi connectivity index (χ1v) is 9.24. The van der Waals surface area contributed by atoms with Gasteiger partial charge in [0.1, 0.15) is 5.82 Å². The van der Waals surface area contributed by atoms with E-state index in [1.807, 2.05) is 30.3 Å². The van der Waals surface area contributed by atoms with Gasteiger partial charge in [-0.05, 0) is 29.3 Å². The van der Waals surface area contributed by atoms with Gasteiger partial charge in [-0.15, -0.1) is 10.2 Å².